The monoisotopic (exact) mass is 312 g/mol. The summed E-state index contributed by atoms with van der Waals surface area (Å²) in [7, 11) is -3.33. The van der Waals surface area contributed by atoms with Gasteiger partial charge in [-0.2, -0.15) is 0 Å². The molecular formula is C13H16N2O3S2. The highest BCUT2D eigenvalue weighted by molar-refractivity contribution is 7.90. The standard InChI is InChI=1S/C13H16N2O3S2/c1-20(17,18)10-5-2-4-9(8-10)13(16)15-7-3-6-11(15)12(14)19/h2,4-5,8,11H,3,6-7H2,1H3,(H2,14,19). The first-order chi connectivity index (χ1) is 9.30. The number of sulfone groups is 1. The SMILES string of the molecule is CS(=O)(=O)c1cccc(C(=O)N2CCCC2C(N)=S)c1. The second-order valence-electron chi connectivity index (χ2n) is 4.86. The highest BCUT2D eigenvalue weighted by Gasteiger charge is 2.31. The summed E-state index contributed by atoms with van der Waals surface area (Å²) in [5, 5.41) is 0. The van der Waals surface area contributed by atoms with Crippen LogP contribution in [0.3, 0.4) is 0 Å². The van der Waals surface area contributed by atoms with Crippen molar-refractivity contribution in [2.45, 2.75) is 23.8 Å². The van der Waals surface area contributed by atoms with E-state index in [1.807, 2.05) is 0 Å². The van der Waals surface area contributed by atoms with E-state index in [1.165, 1.54) is 12.1 Å². The predicted octanol–water partition coefficient (Wildman–Crippen LogP) is 0.981. The number of rotatable bonds is 3. The van der Waals surface area contributed by atoms with Gasteiger partial charge in [0, 0.05) is 18.4 Å². The van der Waals surface area contributed by atoms with Crippen LogP contribution >= 0.6 is 12.2 Å². The molecule has 1 amide bonds. The lowest BCUT2D eigenvalue weighted by molar-refractivity contribution is 0.0770. The number of amides is 1. The van der Waals surface area contributed by atoms with E-state index >= 15 is 0 Å². The van der Waals surface area contributed by atoms with Gasteiger partial charge in [0.1, 0.15) is 0 Å². The number of likely N-dealkylation sites (tertiary alicyclic amines) is 1. The number of carbonyl (C=O) groups excluding carboxylic acids is 1. The van der Waals surface area contributed by atoms with Crippen LogP contribution in [0.25, 0.3) is 0 Å². The summed E-state index contributed by atoms with van der Waals surface area (Å²) in [6.07, 6.45) is 2.72. The number of thiocarbonyl (C=S) groups is 1. The van der Waals surface area contributed by atoms with Crippen molar-refractivity contribution < 1.29 is 13.2 Å². The average molecular weight is 312 g/mol. The number of carbonyl (C=O) groups is 1. The third-order valence-corrected chi connectivity index (χ3v) is 4.73. The molecule has 0 aromatic heterocycles. The van der Waals surface area contributed by atoms with Crippen LogP contribution in [0.2, 0.25) is 0 Å². The van der Waals surface area contributed by atoms with E-state index in [-0.39, 0.29) is 16.8 Å². The summed E-state index contributed by atoms with van der Waals surface area (Å²) >= 11 is 4.97. The van der Waals surface area contributed by atoms with Crippen molar-refractivity contribution >= 4 is 33.0 Å². The van der Waals surface area contributed by atoms with Gasteiger partial charge in [-0.1, -0.05) is 18.3 Å². The van der Waals surface area contributed by atoms with Crippen molar-refractivity contribution in [2.75, 3.05) is 12.8 Å². The fourth-order valence-electron chi connectivity index (χ4n) is 2.33. The Hall–Kier alpha value is -1.47. The van der Waals surface area contributed by atoms with Crippen LogP contribution in [-0.2, 0) is 9.84 Å². The summed E-state index contributed by atoms with van der Waals surface area (Å²) in [4.78, 5) is 14.5. The Labute approximate surface area is 123 Å². The van der Waals surface area contributed by atoms with Gasteiger partial charge in [-0.3, -0.25) is 4.79 Å². The summed E-state index contributed by atoms with van der Waals surface area (Å²) < 4.78 is 23.1. The maximum absolute atomic E-state index is 12.5. The molecule has 0 bridgehead atoms. The molecule has 1 fully saturated rings. The van der Waals surface area contributed by atoms with Crippen molar-refractivity contribution in [3.05, 3.63) is 29.8 Å². The zero-order valence-electron chi connectivity index (χ0n) is 11.1. The first kappa shape index (κ1) is 14.9. The second kappa shape index (κ2) is 5.49. The molecule has 1 saturated heterocycles. The Bertz CT molecular complexity index is 655. The Morgan fingerprint density at radius 2 is 2.15 bits per heavy atom. The molecule has 1 aromatic rings. The van der Waals surface area contributed by atoms with Crippen LogP contribution in [0, 0.1) is 0 Å². The lowest BCUT2D eigenvalue weighted by Crippen LogP contribution is -2.42. The van der Waals surface area contributed by atoms with Crippen LogP contribution in [0.15, 0.2) is 29.2 Å². The summed E-state index contributed by atoms with van der Waals surface area (Å²) in [5.74, 6) is -0.231. The third-order valence-electron chi connectivity index (χ3n) is 3.35. The minimum absolute atomic E-state index is 0.134. The lowest BCUT2D eigenvalue weighted by atomic mass is 10.1. The van der Waals surface area contributed by atoms with Crippen LogP contribution in [-0.4, -0.2) is 43.1 Å². The topological polar surface area (TPSA) is 80.5 Å². The molecule has 2 N–H and O–H groups in total. The molecule has 1 aromatic carbocycles. The van der Waals surface area contributed by atoms with Crippen LogP contribution in [0.5, 0.6) is 0 Å². The molecule has 1 aliphatic heterocycles. The number of hydrogen-bond donors (Lipinski definition) is 1. The number of nitrogens with two attached hydrogens (primary N) is 1. The van der Waals surface area contributed by atoms with Crippen molar-refractivity contribution in [1.82, 2.24) is 4.90 Å². The molecule has 0 aliphatic carbocycles. The van der Waals surface area contributed by atoms with Gasteiger partial charge >= 0.3 is 0 Å². The van der Waals surface area contributed by atoms with Crippen molar-refractivity contribution in [3.8, 4) is 0 Å². The third kappa shape index (κ3) is 2.99. The maximum atomic E-state index is 12.5. The fourth-order valence-corrected chi connectivity index (χ4v) is 3.24. The Kier molecular flexibility index (Phi) is 4.10. The number of hydrogen-bond acceptors (Lipinski definition) is 4. The molecule has 108 valence electrons. The second-order valence-corrected chi connectivity index (χ2v) is 7.35. The molecular weight excluding hydrogens is 296 g/mol. The molecule has 0 saturated carbocycles. The van der Waals surface area contributed by atoms with Crippen LogP contribution in [0.1, 0.15) is 23.2 Å². The predicted molar refractivity (Wildman–Crippen MR) is 80.4 cm³/mol. The molecule has 0 radical (unpaired) electrons. The van der Waals surface area contributed by atoms with Crippen molar-refractivity contribution in [3.63, 3.8) is 0 Å². The Morgan fingerprint density at radius 1 is 1.45 bits per heavy atom. The van der Waals surface area contributed by atoms with Gasteiger partial charge in [0.05, 0.1) is 15.9 Å². The van der Waals surface area contributed by atoms with Crippen LogP contribution < -0.4 is 5.73 Å². The zero-order chi connectivity index (χ0) is 14.9. The minimum Gasteiger partial charge on any atom is -0.392 e. The smallest absolute Gasteiger partial charge is 0.254 e. The van der Waals surface area contributed by atoms with Crippen molar-refractivity contribution in [1.29, 1.82) is 0 Å². The number of benzene rings is 1. The largest absolute Gasteiger partial charge is 0.392 e. The molecule has 1 atom stereocenters. The van der Waals surface area contributed by atoms with Gasteiger partial charge in [0.2, 0.25) is 0 Å². The molecule has 5 nitrogen and oxygen atoms in total. The molecule has 1 heterocycles. The van der Waals surface area contributed by atoms with E-state index in [2.05, 4.69) is 0 Å². The molecule has 2 rings (SSSR count). The Balaban J connectivity index is 2.32. The van der Waals surface area contributed by atoms with Crippen LogP contribution in [0.4, 0.5) is 0 Å². The quantitative estimate of drug-likeness (QED) is 0.842. The minimum atomic E-state index is -3.33. The van der Waals surface area contributed by atoms with E-state index < -0.39 is 9.84 Å². The molecule has 7 heteroatoms. The highest BCUT2D eigenvalue weighted by atomic mass is 32.2. The number of nitrogens with zero attached hydrogens (tertiary/aromatic N) is 1. The van der Waals surface area contributed by atoms with E-state index in [1.54, 1.807) is 17.0 Å². The maximum Gasteiger partial charge on any atom is 0.254 e. The van der Waals surface area contributed by atoms with E-state index in [0.717, 1.165) is 19.1 Å². The fraction of sp³-hybridized carbons (Fsp3) is 0.385. The van der Waals surface area contributed by atoms with Crippen molar-refractivity contribution in [2.24, 2.45) is 5.73 Å². The molecule has 1 unspecified atom stereocenters. The van der Waals surface area contributed by atoms with Gasteiger partial charge in [-0.25, -0.2) is 8.42 Å². The van der Waals surface area contributed by atoms with E-state index in [9.17, 15) is 13.2 Å². The normalized spacial score (nSPS) is 19.1. The Morgan fingerprint density at radius 3 is 2.75 bits per heavy atom. The lowest BCUT2D eigenvalue weighted by Gasteiger charge is -2.23. The first-order valence-corrected chi connectivity index (χ1v) is 8.51. The van der Waals surface area contributed by atoms with E-state index in [4.69, 9.17) is 18.0 Å². The van der Waals surface area contributed by atoms with Gasteiger partial charge in [0.25, 0.3) is 5.91 Å². The average Bonchev–Trinajstić information content (AvgIpc) is 2.86. The molecule has 1 aliphatic rings. The van der Waals surface area contributed by atoms with Gasteiger partial charge < -0.3 is 10.6 Å². The summed E-state index contributed by atoms with van der Waals surface area (Å²) in [6, 6.07) is 5.80. The molecule has 20 heavy (non-hydrogen) atoms. The highest BCUT2D eigenvalue weighted by Crippen LogP contribution is 2.21. The zero-order valence-corrected chi connectivity index (χ0v) is 12.7. The van der Waals surface area contributed by atoms with Gasteiger partial charge in [0.15, 0.2) is 9.84 Å². The van der Waals surface area contributed by atoms with Gasteiger partial charge in [-0.05, 0) is 31.0 Å². The van der Waals surface area contributed by atoms with Gasteiger partial charge in [-0.15, -0.1) is 0 Å². The summed E-state index contributed by atoms with van der Waals surface area (Å²) in [6.45, 7) is 0.587. The molecule has 0 spiro atoms. The van der Waals surface area contributed by atoms with E-state index in [0.29, 0.717) is 17.1 Å². The summed E-state index contributed by atoms with van der Waals surface area (Å²) in [5.41, 5.74) is 5.99. The first-order valence-electron chi connectivity index (χ1n) is 6.21.